The molecule has 3 N–H and O–H groups in total. The van der Waals surface area contributed by atoms with Crippen LogP contribution in [-0.4, -0.2) is 25.5 Å². The van der Waals surface area contributed by atoms with Crippen molar-refractivity contribution in [3.63, 3.8) is 0 Å². The lowest BCUT2D eigenvalue weighted by Gasteiger charge is -2.22. The largest absolute Gasteiger partial charge is 0.370 e. The number of hydrogen-bond acceptors (Lipinski definition) is 3. The lowest BCUT2D eigenvalue weighted by molar-refractivity contribution is -0.121. The van der Waals surface area contributed by atoms with Crippen molar-refractivity contribution in [3.05, 3.63) is 29.6 Å². The molecule has 1 aromatic carbocycles. The standard InChI is InChI=1S/C15H22FN3O/c1-2-7-18-9-12-13(16)4-3-5-14(12)19-8-6-11(10-19)15(17)20/h3-5,11,18H,2,6-10H2,1H3,(H2,17,20). The molecule has 20 heavy (non-hydrogen) atoms. The second-order valence-corrected chi connectivity index (χ2v) is 5.25. The van der Waals surface area contributed by atoms with Gasteiger partial charge in [0.05, 0.1) is 5.92 Å². The van der Waals surface area contributed by atoms with Crippen molar-refractivity contribution in [2.45, 2.75) is 26.3 Å². The van der Waals surface area contributed by atoms with E-state index in [4.69, 9.17) is 5.73 Å². The zero-order valence-corrected chi connectivity index (χ0v) is 11.9. The van der Waals surface area contributed by atoms with Gasteiger partial charge in [0.15, 0.2) is 0 Å². The van der Waals surface area contributed by atoms with E-state index in [2.05, 4.69) is 17.1 Å². The lowest BCUT2D eigenvalue weighted by Crippen LogP contribution is -2.28. The third-order valence-electron chi connectivity index (χ3n) is 3.75. The number of nitrogens with one attached hydrogen (secondary N) is 1. The Bertz CT molecular complexity index is 478. The molecule has 1 saturated heterocycles. The Labute approximate surface area is 119 Å². The number of amides is 1. The molecular formula is C15H22FN3O. The Balaban J connectivity index is 2.15. The topological polar surface area (TPSA) is 58.4 Å². The maximum atomic E-state index is 14.0. The quantitative estimate of drug-likeness (QED) is 0.778. The highest BCUT2D eigenvalue weighted by molar-refractivity contribution is 5.78. The SMILES string of the molecule is CCCNCc1c(F)cccc1N1CCC(C(N)=O)C1. The smallest absolute Gasteiger partial charge is 0.222 e. The monoisotopic (exact) mass is 279 g/mol. The van der Waals surface area contributed by atoms with Crippen LogP contribution in [0.1, 0.15) is 25.3 Å². The number of hydrogen-bond donors (Lipinski definition) is 2. The summed E-state index contributed by atoms with van der Waals surface area (Å²) in [5, 5.41) is 3.23. The van der Waals surface area contributed by atoms with Crippen LogP contribution < -0.4 is 16.0 Å². The van der Waals surface area contributed by atoms with Gasteiger partial charge in [-0.15, -0.1) is 0 Å². The van der Waals surface area contributed by atoms with Gasteiger partial charge in [0, 0.05) is 30.9 Å². The number of carbonyl (C=O) groups is 1. The molecular weight excluding hydrogens is 257 g/mol. The molecule has 110 valence electrons. The van der Waals surface area contributed by atoms with Crippen molar-refractivity contribution in [1.82, 2.24) is 5.32 Å². The van der Waals surface area contributed by atoms with E-state index in [9.17, 15) is 9.18 Å². The van der Waals surface area contributed by atoms with Gasteiger partial charge in [-0.1, -0.05) is 13.0 Å². The van der Waals surface area contributed by atoms with Gasteiger partial charge < -0.3 is 16.0 Å². The molecule has 1 heterocycles. The molecule has 0 radical (unpaired) electrons. The summed E-state index contributed by atoms with van der Waals surface area (Å²) in [4.78, 5) is 13.3. The first kappa shape index (κ1) is 14.8. The highest BCUT2D eigenvalue weighted by Crippen LogP contribution is 2.28. The molecule has 1 unspecified atom stereocenters. The summed E-state index contributed by atoms with van der Waals surface area (Å²) in [6, 6.07) is 5.11. The first-order valence-corrected chi connectivity index (χ1v) is 7.15. The Hall–Kier alpha value is -1.62. The maximum Gasteiger partial charge on any atom is 0.222 e. The highest BCUT2D eigenvalue weighted by Gasteiger charge is 2.28. The Morgan fingerprint density at radius 1 is 1.55 bits per heavy atom. The number of rotatable bonds is 6. The van der Waals surface area contributed by atoms with Gasteiger partial charge in [-0.3, -0.25) is 4.79 Å². The van der Waals surface area contributed by atoms with Gasteiger partial charge in [-0.05, 0) is 31.5 Å². The second kappa shape index (κ2) is 6.70. The molecule has 0 spiro atoms. The number of primary amides is 1. The average Bonchev–Trinajstić information content (AvgIpc) is 2.90. The Morgan fingerprint density at radius 2 is 2.35 bits per heavy atom. The molecule has 1 aliphatic heterocycles. The van der Waals surface area contributed by atoms with Crippen LogP contribution in [0.4, 0.5) is 10.1 Å². The fourth-order valence-electron chi connectivity index (χ4n) is 2.62. The summed E-state index contributed by atoms with van der Waals surface area (Å²) in [6.07, 6.45) is 1.75. The number of halogens is 1. The van der Waals surface area contributed by atoms with Gasteiger partial charge >= 0.3 is 0 Å². The van der Waals surface area contributed by atoms with Gasteiger partial charge in [-0.2, -0.15) is 0 Å². The number of benzene rings is 1. The molecule has 4 nitrogen and oxygen atoms in total. The van der Waals surface area contributed by atoms with Crippen molar-refractivity contribution in [1.29, 1.82) is 0 Å². The van der Waals surface area contributed by atoms with Gasteiger partial charge in [0.25, 0.3) is 0 Å². The predicted molar refractivity (Wildman–Crippen MR) is 77.9 cm³/mol. The maximum absolute atomic E-state index is 14.0. The zero-order chi connectivity index (χ0) is 14.5. The van der Waals surface area contributed by atoms with Crippen LogP contribution in [0.15, 0.2) is 18.2 Å². The van der Waals surface area contributed by atoms with E-state index < -0.39 is 0 Å². The van der Waals surface area contributed by atoms with Crippen molar-refractivity contribution in [2.24, 2.45) is 11.7 Å². The second-order valence-electron chi connectivity index (χ2n) is 5.25. The number of nitrogens with two attached hydrogens (primary N) is 1. The van der Waals surface area contributed by atoms with E-state index in [0.717, 1.165) is 31.6 Å². The fourth-order valence-corrected chi connectivity index (χ4v) is 2.62. The first-order valence-electron chi connectivity index (χ1n) is 7.15. The first-order chi connectivity index (χ1) is 9.63. The van der Waals surface area contributed by atoms with Crippen molar-refractivity contribution < 1.29 is 9.18 Å². The molecule has 0 aliphatic carbocycles. The van der Waals surface area contributed by atoms with E-state index in [1.54, 1.807) is 6.07 Å². The van der Waals surface area contributed by atoms with Crippen LogP contribution in [0.3, 0.4) is 0 Å². The summed E-state index contributed by atoms with van der Waals surface area (Å²) in [5.41, 5.74) is 6.90. The number of carbonyl (C=O) groups excluding carboxylic acids is 1. The van der Waals surface area contributed by atoms with Crippen molar-refractivity contribution in [3.8, 4) is 0 Å². The number of nitrogens with zero attached hydrogens (tertiary/aromatic N) is 1. The van der Waals surface area contributed by atoms with Gasteiger partial charge in [-0.25, -0.2) is 4.39 Å². The summed E-state index contributed by atoms with van der Waals surface area (Å²) in [5.74, 6) is -0.599. The van der Waals surface area contributed by atoms with E-state index >= 15 is 0 Å². The average molecular weight is 279 g/mol. The summed E-state index contributed by atoms with van der Waals surface area (Å²) >= 11 is 0. The fraction of sp³-hybridized carbons (Fsp3) is 0.533. The van der Waals surface area contributed by atoms with E-state index in [1.165, 1.54) is 6.07 Å². The van der Waals surface area contributed by atoms with Gasteiger partial charge in [0.1, 0.15) is 5.82 Å². The molecule has 0 aromatic heterocycles. The minimum atomic E-state index is -0.269. The molecule has 1 aromatic rings. The van der Waals surface area contributed by atoms with E-state index in [-0.39, 0.29) is 17.6 Å². The van der Waals surface area contributed by atoms with Crippen LogP contribution in [-0.2, 0) is 11.3 Å². The zero-order valence-electron chi connectivity index (χ0n) is 11.9. The van der Waals surface area contributed by atoms with Gasteiger partial charge in [0.2, 0.25) is 5.91 Å². The van der Waals surface area contributed by atoms with Crippen LogP contribution >= 0.6 is 0 Å². The Morgan fingerprint density at radius 3 is 3.00 bits per heavy atom. The molecule has 0 saturated carbocycles. The van der Waals surface area contributed by atoms with E-state index in [1.807, 2.05) is 6.07 Å². The minimum Gasteiger partial charge on any atom is -0.370 e. The molecule has 1 aliphatic rings. The van der Waals surface area contributed by atoms with Crippen LogP contribution in [0.5, 0.6) is 0 Å². The summed E-state index contributed by atoms with van der Waals surface area (Å²) in [6.45, 7) is 4.77. The van der Waals surface area contributed by atoms with Crippen LogP contribution in [0.25, 0.3) is 0 Å². The van der Waals surface area contributed by atoms with Crippen LogP contribution in [0, 0.1) is 11.7 Å². The van der Waals surface area contributed by atoms with Crippen LogP contribution in [0.2, 0.25) is 0 Å². The number of anilines is 1. The highest BCUT2D eigenvalue weighted by atomic mass is 19.1. The summed E-state index contributed by atoms with van der Waals surface area (Å²) < 4.78 is 14.0. The molecule has 2 rings (SSSR count). The van der Waals surface area contributed by atoms with E-state index in [0.29, 0.717) is 18.7 Å². The Kier molecular flexibility index (Phi) is 4.95. The third-order valence-corrected chi connectivity index (χ3v) is 3.75. The summed E-state index contributed by atoms with van der Waals surface area (Å²) in [7, 11) is 0. The predicted octanol–water partition coefficient (Wildman–Crippen LogP) is 1.64. The lowest BCUT2D eigenvalue weighted by atomic mass is 10.1. The van der Waals surface area contributed by atoms with Crippen molar-refractivity contribution in [2.75, 3.05) is 24.5 Å². The third kappa shape index (κ3) is 3.28. The normalized spacial score (nSPS) is 18.5. The molecule has 0 bridgehead atoms. The molecule has 5 heteroatoms. The molecule has 1 fully saturated rings. The minimum absolute atomic E-state index is 0.130. The molecule has 1 amide bonds. The van der Waals surface area contributed by atoms with Crippen molar-refractivity contribution >= 4 is 11.6 Å². The molecule has 1 atom stereocenters.